The first-order valence-corrected chi connectivity index (χ1v) is 21.0. The van der Waals surface area contributed by atoms with Crippen LogP contribution in [0.25, 0.3) is 104 Å². The lowest BCUT2D eigenvalue weighted by molar-refractivity contribution is -0.142. The van der Waals surface area contributed by atoms with Gasteiger partial charge in [0.1, 0.15) is 0 Å². The molecule has 0 N–H and O–H groups in total. The van der Waals surface area contributed by atoms with Gasteiger partial charge < -0.3 is 4.57 Å². The Labute approximate surface area is 365 Å². The Hall–Kier alpha value is -7.63. The molecule has 0 atom stereocenters. The summed E-state index contributed by atoms with van der Waals surface area (Å²) >= 11 is 1.74. The van der Waals surface area contributed by atoms with Gasteiger partial charge in [-0.3, -0.25) is 0 Å². The number of nitrogens with zero attached hydrogens (tertiary/aromatic N) is 4. The third kappa shape index (κ3) is 6.85. The second-order valence-corrected chi connectivity index (χ2v) is 16.5. The highest BCUT2D eigenvalue weighted by molar-refractivity contribution is 7.25. The smallest absolute Gasteiger partial charge is 0.309 e. The number of benzene rings is 8. The van der Waals surface area contributed by atoms with Crippen molar-refractivity contribution in [3.8, 4) is 62.1 Å². The lowest BCUT2D eigenvalue weighted by Gasteiger charge is -2.17. The standard InChI is InChI=1S/C53H30F6N4S/c54-52(55,56)36-22-23-37(43(30-36)53(57,58)59)35-20-25-45-40(29-35)38-15-7-9-17-44(38)63(45)46-24-19-33(34-21-26-48-41(27-34)39-16-8-10-18-47(39)64-48)28-42(46)51-61-49(31-11-3-1-4-12-31)60-50(62-51)32-13-5-2-6-14-32/h1-30H. The third-order valence-electron chi connectivity index (χ3n) is 11.5. The fourth-order valence-corrected chi connectivity index (χ4v) is 9.62. The van der Waals surface area contributed by atoms with Gasteiger partial charge in [0.25, 0.3) is 0 Å². The molecule has 0 saturated heterocycles. The maximum Gasteiger partial charge on any atom is 0.417 e. The zero-order chi connectivity index (χ0) is 43.7. The van der Waals surface area contributed by atoms with Gasteiger partial charge in [-0.05, 0) is 82.9 Å². The van der Waals surface area contributed by atoms with Crippen molar-refractivity contribution in [1.82, 2.24) is 19.5 Å². The number of hydrogen-bond donors (Lipinski definition) is 0. The van der Waals surface area contributed by atoms with E-state index in [1.54, 1.807) is 23.5 Å². The van der Waals surface area contributed by atoms with Crippen LogP contribution < -0.4 is 0 Å². The van der Waals surface area contributed by atoms with E-state index >= 15 is 0 Å². The van der Waals surface area contributed by atoms with Gasteiger partial charge in [-0.15, -0.1) is 11.3 Å². The van der Waals surface area contributed by atoms with E-state index in [1.807, 2.05) is 114 Å². The van der Waals surface area contributed by atoms with Crippen LogP contribution in [0.2, 0.25) is 0 Å². The molecule has 3 aromatic heterocycles. The molecule has 11 aromatic rings. The Morgan fingerprint density at radius 1 is 0.375 bits per heavy atom. The van der Waals surface area contributed by atoms with Crippen LogP contribution in [-0.4, -0.2) is 19.5 Å². The first kappa shape index (κ1) is 39.2. The maximum absolute atomic E-state index is 14.5. The molecule has 0 amide bonds. The molecule has 3 heterocycles. The highest BCUT2D eigenvalue weighted by atomic mass is 32.1. The largest absolute Gasteiger partial charge is 0.417 e. The van der Waals surface area contributed by atoms with Crippen molar-refractivity contribution in [2.75, 3.05) is 0 Å². The molecule has 11 heteroatoms. The van der Waals surface area contributed by atoms with Crippen molar-refractivity contribution in [3.63, 3.8) is 0 Å². The summed E-state index contributed by atoms with van der Waals surface area (Å²) in [5, 5.41) is 3.65. The van der Waals surface area contributed by atoms with E-state index in [2.05, 4.69) is 36.4 Å². The average molecular weight is 869 g/mol. The van der Waals surface area contributed by atoms with Gasteiger partial charge in [-0.25, -0.2) is 15.0 Å². The minimum atomic E-state index is -5.04. The topological polar surface area (TPSA) is 43.6 Å². The highest BCUT2D eigenvalue weighted by Gasteiger charge is 2.38. The second kappa shape index (κ2) is 15.0. The monoisotopic (exact) mass is 868 g/mol. The van der Waals surface area contributed by atoms with Gasteiger partial charge in [-0.2, -0.15) is 26.3 Å². The number of rotatable bonds is 6. The molecule has 310 valence electrons. The van der Waals surface area contributed by atoms with Crippen molar-refractivity contribution in [2.24, 2.45) is 0 Å². The summed E-state index contributed by atoms with van der Waals surface area (Å²) in [5.74, 6) is 1.33. The van der Waals surface area contributed by atoms with E-state index in [1.165, 1.54) is 20.9 Å². The molecular formula is C53H30F6N4S. The van der Waals surface area contributed by atoms with E-state index in [0.717, 1.165) is 44.6 Å². The van der Waals surface area contributed by atoms with E-state index in [0.29, 0.717) is 45.7 Å². The van der Waals surface area contributed by atoms with Crippen LogP contribution in [0.4, 0.5) is 26.3 Å². The van der Waals surface area contributed by atoms with E-state index < -0.39 is 23.5 Å². The predicted molar refractivity (Wildman–Crippen MR) is 244 cm³/mol. The number of thiophene rings is 1. The van der Waals surface area contributed by atoms with Crippen molar-refractivity contribution < 1.29 is 26.3 Å². The molecule has 4 nitrogen and oxygen atoms in total. The lowest BCUT2D eigenvalue weighted by atomic mass is 9.95. The van der Waals surface area contributed by atoms with Crippen LogP contribution in [-0.2, 0) is 12.4 Å². The molecule has 0 radical (unpaired) electrons. The maximum atomic E-state index is 14.5. The van der Waals surface area contributed by atoms with Gasteiger partial charge in [-0.1, -0.05) is 121 Å². The quantitative estimate of drug-likeness (QED) is 0.156. The van der Waals surface area contributed by atoms with Gasteiger partial charge in [0, 0.05) is 47.6 Å². The summed E-state index contributed by atoms with van der Waals surface area (Å²) < 4.78 is 88.8. The predicted octanol–water partition coefficient (Wildman–Crippen LogP) is 15.7. The summed E-state index contributed by atoms with van der Waals surface area (Å²) in [5.41, 5.74) is 3.27. The van der Waals surface area contributed by atoms with Crippen LogP contribution >= 0.6 is 11.3 Å². The molecule has 0 fully saturated rings. The fourth-order valence-electron chi connectivity index (χ4n) is 8.53. The molecule has 0 bridgehead atoms. The number of fused-ring (bicyclic) bond motifs is 6. The summed E-state index contributed by atoms with van der Waals surface area (Å²) in [6.45, 7) is 0. The molecule has 0 unspecified atom stereocenters. The van der Waals surface area contributed by atoms with Gasteiger partial charge in [0.05, 0.1) is 27.8 Å². The SMILES string of the molecule is FC(F)(F)c1ccc(-c2ccc3c(c2)c2ccccc2n3-c2ccc(-c3ccc4sc5ccccc5c4c3)cc2-c2nc(-c3ccccc3)nc(-c3ccccc3)n2)c(C(F)(F)F)c1. The van der Waals surface area contributed by atoms with Gasteiger partial charge in [0.15, 0.2) is 17.5 Å². The van der Waals surface area contributed by atoms with Crippen LogP contribution in [0.15, 0.2) is 182 Å². The molecule has 0 aliphatic rings. The summed E-state index contributed by atoms with van der Waals surface area (Å²) in [7, 11) is 0. The zero-order valence-electron chi connectivity index (χ0n) is 33.3. The Kier molecular flexibility index (Phi) is 9.21. The van der Waals surface area contributed by atoms with Gasteiger partial charge in [0.2, 0.25) is 0 Å². The third-order valence-corrected chi connectivity index (χ3v) is 12.7. The molecule has 0 aliphatic carbocycles. The fraction of sp³-hybridized carbons (Fsp3) is 0.0377. The molecule has 0 saturated carbocycles. The van der Waals surface area contributed by atoms with Gasteiger partial charge >= 0.3 is 12.4 Å². The number of alkyl halides is 6. The van der Waals surface area contributed by atoms with Crippen LogP contribution in [0.5, 0.6) is 0 Å². The lowest BCUT2D eigenvalue weighted by Crippen LogP contribution is -2.12. The first-order valence-electron chi connectivity index (χ1n) is 20.2. The van der Waals surface area contributed by atoms with E-state index in [9.17, 15) is 26.3 Å². The minimum absolute atomic E-state index is 0.126. The molecule has 0 spiro atoms. The minimum Gasteiger partial charge on any atom is -0.309 e. The summed E-state index contributed by atoms with van der Waals surface area (Å²) in [6.07, 6.45) is -9.99. The van der Waals surface area contributed by atoms with E-state index in [4.69, 9.17) is 15.0 Å². The Bertz CT molecular complexity index is 3540. The van der Waals surface area contributed by atoms with Crippen LogP contribution in [0.3, 0.4) is 0 Å². The first-order chi connectivity index (χ1) is 31.0. The number of aromatic nitrogens is 4. The van der Waals surface area contributed by atoms with Crippen LogP contribution in [0.1, 0.15) is 11.1 Å². The number of para-hydroxylation sites is 1. The van der Waals surface area contributed by atoms with Crippen molar-refractivity contribution in [1.29, 1.82) is 0 Å². The normalized spacial score (nSPS) is 12.2. The van der Waals surface area contributed by atoms with Crippen molar-refractivity contribution in [3.05, 3.63) is 193 Å². The van der Waals surface area contributed by atoms with Crippen molar-refractivity contribution >= 4 is 53.3 Å². The number of hydrogen-bond acceptors (Lipinski definition) is 4. The molecular weight excluding hydrogens is 839 g/mol. The summed E-state index contributed by atoms with van der Waals surface area (Å²) in [4.78, 5) is 15.2. The van der Waals surface area contributed by atoms with Crippen molar-refractivity contribution in [2.45, 2.75) is 12.4 Å². The highest BCUT2D eigenvalue weighted by Crippen LogP contribution is 2.44. The summed E-state index contributed by atoms with van der Waals surface area (Å²) in [6, 6.07) is 54.3. The molecule has 64 heavy (non-hydrogen) atoms. The molecule has 8 aromatic carbocycles. The number of halogens is 6. The zero-order valence-corrected chi connectivity index (χ0v) is 34.1. The second-order valence-electron chi connectivity index (χ2n) is 15.4. The Morgan fingerprint density at radius 2 is 0.938 bits per heavy atom. The van der Waals surface area contributed by atoms with Crippen LogP contribution in [0, 0.1) is 0 Å². The molecule has 11 rings (SSSR count). The Balaban J connectivity index is 1.17. The Morgan fingerprint density at radius 3 is 1.64 bits per heavy atom. The van der Waals surface area contributed by atoms with E-state index in [-0.39, 0.29) is 17.2 Å². The molecule has 0 aliphatic heterocycles. The average Bonchev–Trinajstić information content (AvgIpc) is 3.86.